The summed E-state index contributed by atoms with van der Waals surface area (Å²) in [5, 5.41) is 3.38. The summed E-state index contributed by atoms with van der Waals surface area (Å²) < 4.78 is 5.78. The average Bonchev–Trinajstić information content (AvgIpc) is 2.93. The normalized spacial score (nSPS) is 29.4. The summed E-state index contributed by atoms with van der Waals surface area (Å²) in [5.41, 5.74) is 12.8. The summed E-state index contributed by atoms with van der Waals surface area (Å²) in [6, 6.07) is 5.58. The summed E-state index contributed by atoms with van der Waals surface area (Å²) >= 11 is 0. The van der Waals surface area contributed by atoms with E-state index in [0.717, 1.165) is 24.9 Å². The molecule has 1 amide bonds. The Morgan fingerprint density at radius 2 is 2.22 bits per heavy atom. The Morgan fingerprint density at radius 3 is 2.83 bits per heavy atom. The summed E-state index contributed by atoms with van der Waals surface area (Å²) in [7, 11) is 0. The van der Waals surface area contributed by atoms with Crippen LogP contribution in [0.15, 0.2) is 18.2 Å². The van der Waals surface area contributed by atoms with Gasteiger partial charge in [0.05, 0.1) is 35.2 Å². The third kappa shape index (κ3) is 1.80. The van der Waals surface area contributed by atoms with Crippen molar-refractivity contribution in [2.75, 3.05) is 11.1 Å². The van der Waals surface area contributed by atoms with E-state index in [1.54, 1.807) is 12.1 Å². The second-order valence-corrected chi connectivity index (χ2v) is 4.99. The van der Waals surface area contributed by atoms with Crippen molar-refractivity contribution in [3.8, 4) is 0 Å². The molecule has 18 heavy (non-hydrogen) atoms. The molecule has 0 radical (unpaired) electrons. The number of amides is 1. The number of para-hydroxylation sites is 1. The molecule has 2 fully saturated rings. The van der Waals surface area contributed by atoms with Gasteiger partial charge in [0.1, 0.15) is 0 Å². The number of rotatable bonds is 3. The van der Waals surface area contributed by atoms with Gasteiger partial charge in [0.25, 0.3) is 5.91 Å². The number of ether oxygens (including phenoxy) is 1. The van der Waals surface area contributed by atoms with Crippen LogP contribution in [0.25, 0.3) is 0 Å². The van der Waals surface area contributed by atoms with Crippen LogP contribution in [0.2, 0.25) is 0 Å². The number of primary amides is 1. The number of nitrogens with two attached hydrogens (primary N) is 2. The van der Waals surface area contributed by atoms with Gasteiger partial charge in [-0.05, 0) is 31.4 Å². The summed E-state index contributed by atoms with van der Waals surface area (Å²) in [4.78, 5) is 11.2. The van der Waals surface area contributed by atoms with Gasteiger partial charge in [-0.2, -0.15) is 0 Å². The third-order valence-electron chi connectivity index (χ3n) is 3.82. The maximum Gasteiger partial charge on any atom is 0.250 e. The molecule has 2 heterocycles. The van der Waals surface area contributed by atoms with Crippen LogP contribution in [-0.2, 0) is 4.74 Å². The Bertz CT molecular complexity index is 489. The largest absolute Gasteiger partial charge is 0.396 e. The number of fused-ring (bicyclic) bond motifs is 2. The van der Waals surface area contributed by atoms with Crippen LogP contribution in [0.1, 0.15) is 29.6 Å². The summed E-state index contributed by atoms with van der Waals surface area (Å²) in [6.07, 6.45) is 3.90. The lowest BCUT2D eigenvalue weighted by molar-refractivity contribution is 0.100. The first-order valence-corrected chi connectivity index (χ1v) is 6.25. The fraction of sp³-hybridized carbons (Fsp3) is 0.462. The number of benzene rings is 1. The number of nitrogen functional groups attached to an aromatic ring is 1. The summed E-state index contributed by atoms with van der Waals surface area (Å²) in [5.74, 6) is -0.500. The molecule has 0 spiro atoms. The van der Waals surface area contributed by atoms with Crippen LogP contribution >= 0.6 is 0 Å². The molecule has 2 bridgehead atoms. The van der Waals surface area contributed by atoms with Crippen molar-refractivity contribution in [1.29, 1.82) is 0 Å². The quantitative estimate of drug-likeness (QED) is 0.698. The first-order chi connectivity index (χ1) is 8.65. The van der Waals surface area contributed by atoms with Crippen molar-refractivity contribution in [2.45, 2.75) is 37.5 Å². The van der Waals surface area contributed by atoms with E-state index in [-0.39, 0.29) is 12.1 Å². The van der Waals surface area contributed by atoms with E-state index in [2.05, 4.69) is 5.32 Å². The van der Waals surface area contributed by atoms with Crippen molar-refractivity contribution in [3.05, 3.63) is 23.8 Å². The second kappa shape index (κ2) is 4.17. The highest BCUT2D eigenvalue weighted by Crippen LogP contribution is 2.37. The molecular formula is C13H17N3O2. The fourth-order valence-electron chi connectivity index (χ4n) is 2.90. The average molecular weight is 247 g/mol. The van der Waals surface area contributed by atoms with E-state index in [9.17, 15) is 4.79 Å². The number of carbonyl (C=O) groups excluding carboxylic acids is 1. The van der Waals surface area contributed by atoms with Crippen LogP contribution in [0.5, 0.6) is 0 Å². The van der Waals surface area contributed by atoms with Gasteiger partial charge in [0.15, 0.2) is 0 Å². The van der Waals surface area contributed by atoms with Crippen molar-refractivity contribution < 1.29 is 9.53 Å². The molecule has 0 aromatic heterocycles. The molecule has 0 aliphatic carbocycles. The molecule has 2 saturated heterocycles. The molecule has 1 aromatic rings. The van der Waals surface area contributed by atoms with Crippen LogP contribution in [0.4, 0.5) is 11.4 Å². The number of nitrogens with one attached hydrogen (secondary N) is 1. The van der Waals surface area contributed by atoms with Crippen LogP contribution in [-0.4, -0.2) is 24.2 Å². The van der Waals surface area contributed by atoms with Gasteiger partial charge in [-0.3, -0.25) is 4.79 Å². The van der Waals surface area contributed by atoms with E-state index in [0.29, 0.717) is 17.4 Å². The molecule has 2 aliphatic heterocycles. The molecule has 0 saturated carbocycles. The minimum atomic E-state index is -0.500. The zero-order valence-corrected chi connectivity index (χ0v) is 10.1. The lowest BCUT2D eigenvalue weighted by Gasteiger charge is -2.22. The highest BCUT2D eigenvalue weighted by molar-refractivity contribution is 6.00. The van der Waals surface area contributed by atoms with E-state index in [1.165, 1.54) is 0 Å². The minimum Gasteiger partial charge on any atom is -0.396 e. The van der Waals surface area contributed by atoms with Crippen molar-refractivity contribution >= 4 is 17.3 Å². The SMILES string of the molecule is NC(=O)c1cccc(NC2CC3CCC2O3)c1N. The van der Waals surface area contributed by atoms with Gasteiger partial charge in [-0.15, -0.1) is 0 Å². The van der Waals surface area contributed by atoms with Gasteiger partial charge in [0, 0.05) is 0 Å². The van der Waals surface area contributed by atoms with E-state index < -0.39 is 5.91 Å². The van der Waals surface area contributed by atoms with Gasteiger partial charge in [0.2, 0.25) is 0 Å². The Kier molecular flexibility index (Phi) is 2.63. The molecule has 5 nitrogen and oxygen atoms in total. The van der Waals surface area contributed by atoms with Gasteiger partial charge < -0.3 is 21.5 Å². The topological polar surface area (TPSA) is 90.4 Å². The van der Waals surface area contributed by atoms with Crippen LogP contribution < -0.4 is 16.8 Å². The van der Waals surface area contributed by atoms with Crippen molar-refractivity contribution in [1.82, 2.24) is 0 Å². The highest BCUT2D eigenvalue weighted by atomic mass is 16.5. The number of carbonyl (C=O) groups is 1. The van der Waals surface area contributed by atoms with Crippen LogP contribution in [0.3, 0.4) is 0 Å². The van der Waals surface area contributed by atoms with E-state index in [4.69, 9.17) is 16.2 Å². The maximum absolute atomic E-state index is 11.2. The molecule has 1 aromatic carbocycles. The predicted molar refractivity (Wildman–Crippen MR) is 69.3 cm³/mol. The fourth-order valence-corrected chi connectivity index (χ4v) is 2.90. The molecule has 3 rings (SSSR count). The molecule has 2 aliphatic rings. The first-order valence-electron chi connectivity index (χ1n) is 6.25. The number of hydrogen-bond acceptors (Lipinski definition) is 4. The van der Waals surface area contributed by atoms with Crippen LogP contribution in [0, 0.1) is 0 Å². The molecule has 5 heteroatoms. The number of anilines is 2. The van der Waals surface area contributed by atoms with E-state index >= 15 is 0 Å². The lowest BCUT2D eigenvalue weighted by atomic mass is 9.95. The standard InChI is InChI=1S/C13H17N3O2/c14-12-8(13(15)17)2-1-3-9(12)16-10-6-7-4-5-11(10)18-7/h1-3,7,10-11,16H,4-6,14H2,(H2,15,17). The van der Waals surface area contributed by atoms with Crippen molar-refractivity contribution in [2.24, 2.45) is 5.73 Å². The second-order valence-electron chi connectivity index (χ2n) is 4.99. The Labute approximate surface area is 105 Å². The molecule has 3 unspecified atom stereocenters. The summed E-state index contributed by atoms with van der Waals surface area (Å²) in [6.45, 7) is 0. The third-order valence-corrected chi connectivity index (χ3v) is 3.82. The predicted octanol–water partition coefficient (Wildman–Crippen LogP) is 1.10. The number of hydrogen-bond donors (Lipinski definition) is 3. The van der Waals surface area contributed by atoms with Gasteiger partial charge in [-0.1, -0.05) is 6.07 Å². The minimum absolute atomic E-state index is 0.270. The zero-order valence-electron chi connectivity index (χ0n) is 10.1. The van der Waals surface area contributed by atoms with Gasteiger partial charge >= 0.3 is 0 Å². The molecule has 96 valence electrons. The first kappa shape index (κ1) is 11.3. The molecular weight excluding hydrogens is 230 g/mol. The lowest BCUT2D eigenvalue weighted by Crippen LogP contribution is -2.31. The Hall–Kier alpha value is -1.75. The van der Waals surface area contributed by atoms with Gasteiger partial charge in [-0.25, -0.2) is 0 Å². The molecule has 3 atom stereocenters. The van der Waals surface area contributed by atoms with E-state index in [1.807, 2.05) is 6.07 Å². The highest BCUT2D eigenvalue weighted by Gasteiger charge is 2.40. The smallest absolute Gasteiger partial charge is 0.250 e. The zero-order chi connectivity index (χ0) is 12.7. The molecule has 5 N–H and O–H groups in total. The monoisotopic (exact) mass is 247 g/mol. The maximum atomic E-state index is 11.2. The van der Waals surface area contributed by atoms with Crippen molar-refractivity contribution in [3.63, 3.8) is 0 Å². The Balaban J connectivity index is 1.81. The Morgan fingerprint density at radius 1 is 1.39 bits per heavy atom.